The fourth-order valence-electron chi connectivity index (χ4n) is 2.60. The molecule has 116 valence electrons. The standard InChI is InChI=1S/C16H25N3OS/c1-14-13-15-16(20)18(10-11-19(15)17-14)9-7-5-3-2-4-6-8-12-21/h10-11,13,21H,2-9,12H2,1H3. The molecule has 4 nitrogen and oxygen atoms in total. The van der Waals surface area contributed by atoms with Crippen LogP contribution in [-0.2, 0) is 6.54 Å². The molecule has 0 atom stereocenters. The molecule has 0 radical (unpaired) electrons. The molecule has 0 fully saturated rings. The van der Waals surface area contributed by atoms with Crippen molar-refractivity contribution in [3.05, 3.63) is 34.5 Å². The molecule has 0 aliphatic carbocycles. The van der Waals surface area contributed by atoms with Crippen LogP contribution in [0.25, 0.3) is 5.52 Å². The quantitative estimate of drug-likeness (QED) is 0.569. The van der Waals surface area contributed by atoms with E-state index in [1.165, 1.54) is 38.5 Å². The zero-order chi connectivity index (χ0) is 15.1. The number of aromatic nitrogens is 3. The third-order valence-corrected chi connectivity index (χ3v) is 4.10. The lowest BCUT2D eigenvalue weighted by molar-refractivity contribution is 0.542. The van der Waals surface area contributed by atoms with Gasteiger partial charge in [0.1, 0.15) is 5.52 Å². The second-order valence-corrected chi connectivity index (χ2v) is 6.06. The zero-order valence-electron chi connectivity index (χ0n) is 12.8. The molecule has 0 aliphatic heterocycles. The SMILES string of the molecule is Cc1cc2c(=O)n(CCCCCCCCCS)ccn2n1. The first-order valence-electron chi connectivity index (χ1n) is 7.88. The summed E-state index contributed by atoms with van der Waals surface area (Å²) in [4.78, 5) is 12.3. The number of thiol groups is 1. The molecule has 0 spiro atoms. The Morgan fingerprint density at radius 2 is 1.71 bits per heavy atom. The minimum Gasteiger partial charge on any atom is -0.312 e. The van der Waals surface area contributed by atoms with E-state index >= 15 is 0 Å². The summed E-state index contributed by atoms with van der Waals surface area (Å²) in [5.74, 6) is 0.999. The number of aryl methyl sites for hydroxylation is 2. The maximum atomic E-state index is 12.3. The van der Waals surface area contributed by atoms with Crippen LogP contribution in [0.15, 0.2) is 23.3 Å². The van der Waals surface area contributed by atoms with Crippen LogP contribution < -0.4 is 5.56 Å². The fraction of sp³-hybridized carbons (Fsp3) is 0.625. The summed E-state index contributed by atoms with van der Waals surface area (Å²) in [6, 6.07) is 1.85. The highest BCUT2D eigenvalue weighted by atomic mass is 32.1. The Balaban J connectivity index is 1.76. The van der Waals surface area contributed by atoms with E-state index in [9.17, 15) is 4.79 Å². The Morgan fingerprint density at radius 3 is 2.43 bits per heavy atom. The zero-order valence-corrected chi connectivity index (χ0v) is 13.7. The Morgan fingerprint density at radius 1 is 1.05 bits per heavy atom. The molecule has 0 N–H and O–H groups in total. The maximum Gasteiger partial charge on any atom is 0.276 e. The first-order chi connectivity index (χ1) is 10.2. The molecule has 0 aromatic carbocycles. The molecule has 2 heterocycles. The van der Waals surface area contributed by atoms with E-state index in [1.54, 1.807) is 9.08 Å². The van der Waals surface area contributed by atoms with Crippen LogP contribution in [0.1, 0.15) is 50.6 Å². The molecule has 2 rings (SSSR count). The van der Waals surface area contributed by atoms with Gasteiger partial charge >= 0.3 is 0 Å². The van der Waals surface area contributed by atoms with Gasteiger partial charge in [-0.2, -0.15) is 17.7 Å². The van der Waals surface area contributed by atoms with Gasteiger partial charge in [0.25, 0.3) is 5.56 Å². The van der Waals surface area contributed by atoms with Crippen molar-refractivity contribution >= 4 is 18.1 Å². The van der Waals surface area contributed by atoms with Crippen molar-refractivity contribution in [2.75, 3.05) is 5.75 Å². The van der Waals surface area contributed by atoms with Gasteiger partial charge in [-0.15, -0.1) is 0 Å². The van der Waals surface area contributed by atoms with Gasteiger partial charge in [0, 0.05) is 18.9 Å². The van der Waals surface area contributed by atoms with Gasteiger partial charge in [0.05, 0.1) is 5.69 Å². The van der Waals surface area contributed by atoms with Crippen molar-refractivity contribution < 1.29 is 0 Å². The predicted octanol–water partition coefficient (Wildman–Crippen LogP) is 3.46. The molecule has 0 unspecified atom stereocenters. The van der Waals surface area contributed by atoms with Gasteiger partial charge in [-0.25, -0.2) is 4.52 Å². The number of hydrogen-bond acceptors (Lipinski definition) is 3. The summed E-state index contributed by atoms with van der Waals surface area (Å²) >= 11 is 4.22. The van der Waals surface area contributed by atoms with E-state index in [0.29, 0.717) is 5.52 Å². The molecule has 0 amide bonds. The summed E-state index contributed by atoms with van der Waals surface area (Å²) in [6.07, 6.45) is 12.3. The molecule has 0 aliphatic rings. The number of fused-ring (bicyclic) bond motifs is 1. The van der Waals surface area contributed by atoms with Gasteiger partial charge in [-0.05, 0) is 31.6 Å². The number of nitrogens with zero attached hydrogens (tertiary/aromatic N) is 3. The number of hydrogen-bond donors (Lipinski definition) is 1. The van der Waals surface area contributed by atoms with Crippen LogP contribution >= 0.6 is 12.6 Å². The van der Waals surface area contributed by atoms with E-state index in [1.807, 2.05) is 25.4 Å². The molecule has 21 heavy (non-hydrogen) atoms. The molecule has 0 saturated carbocycles. The van der Waals surface area contributed by atoms with Gasteiger partial charge in [0.2, 0.25) is 0 Å². The van der Waals surface area contributed by atoms with Crippen molar-refractivity contribution in [3.63, 3.8) is 0 Å². The Hall–Kier alpha value is -1.23. The topological polar surface area (TPSA) is 39.3 Å². The Labute approximate surface area is 131 Å². The average Bonchev–Trinajstić information content (AvgIpc) is 2.85. The normalized spacial score (nSPS) is 11.3. The van der Waals surface area contributed by atoms with Crippen molar-refractivity contribution in [2.24, 2.45) is 0 Å². The molecule has 0 saturated heterocycles. The number of unbranched alkanes of at least 4 members (excludes halogenated alkanes) is 6. The summed E-state index contributed by atoms with van der Waals surface area (Å²) in [5, 5.41) is 4.26. The lowest BCUT2D eigenvalue weighted by atomic mass is 10.1. The third-order valence-electron chi connectivity index (χ3n) is 3.78. The van der Waals surface area contributed by atoms with E-state index in [2.05, 4.69) is 17.7 Å². The fourth-order valence-corrected chi connectivity index (χ4v) is 2.83. The van der Waals surface area contributed by atoms with Crippen molar-refractivity contribution in [3.8, 4) is 0 Å². The second kappa shape index (κ2) is 8.27. The summed E-state index contributed by atoms with van der Waals surface area (Å²) < 4.78 is 3.47. The molecule has 2 aromatic rings. The Bertz CT molecular complexity index is 617. The van der Waals surface area contributed by atoms with Crippen LogP contribution in [0.2, 0.25) is 0 Å². The summed E-state index contributed by atoms with van der Waals surface area (Å²) in [7, 11) is 0. The van der Waals surface area contributed by atoms with Gasteiger partial charge in [-0.3, -0.25) is 4.79 Å². The van der Waals surface area contributed by atoms with Gasteiger partial charge in [0.15, 0.2) is 0 Å². The van der Waals surface area contributed by atoms with E-state index in [4.69, 9.17) is 0 Å². The third kappa shape index (κ3) is 4.63. The number of rotatable bonds is 9. The van der Waals surface area contributed by atoms with Crippen LogP contribution in [0, 0.1) is 6.92 Å². The van der Waals surface area contributed by atoms with Crippen molar-refractivity contribution in [1.82, 2.24) is 14.2 Å². The van der Waals surface area contributed by atoms with Crippen LogP contribution in [-0.4, -0.2) is 19.9 Å². The average molecular weight is 307 g/mol. The highest BCUT2D eigenvalue weighted by molar-refractivity contribution is 7.80. The minimum absolute atomic E-state index is 0.0619. The van der Waals surface area contributed by atoms with E-state index in [-0.39, 0.29) is 5.56 Å². The first-order valence-corrected chi connectivity index (χ1v) is 8.52. The summed E-state index contributed by atoms with van der Waals surface area (Å²) in [6.45, 7) is 2.71. The smallest absolute Gasteiger partial charge is 0.276 e. The lowest BCUT2D eigenvalue weighted by Gasteiger charge is -2.06. The van der Waals surface area contributed by atoms with Crippen LogP contribution in [0.4, 0.5) is 0 Å². The maximum absolute atomic E-state index is 12.3. The first kappa shape index (κ1) is 16.1. The highest BCUT2D eigenvalue weighted by Crippen LogP contribution is 2.08. The van der Waals surface area contributed by atoms with Crippen LogP contribution in [0.5, 0.6) is 0 Å². The van der Waals surface area contributed by atoms with E-state index < -0.39 is 0 Å². The predicted molar refractivity (Wildman–Crippen MR) is 90.4 cm³/mol. The molecular weight excluding hydrogens is 282 g/mol. The van der Waals surface area contributed by atoms with Crippen molar-refractivity contribution in [2.45, 2.75) is 58.4 Å². The lowest BCUT2D eigenvalue weighted by Crippen LogP contribution is -2.21. The summed E-state index contributed by atoms with van der Waals surface area (Å²) in [5.41, 5.74) is 1.61. The molecule has 5 heteroatoms. The molecule has 2 aromatic heterocycles. The van der Waals surface area contributed by atoms with Gasteiger partial charge < -0.3 is 4.57 Å². The van der Waals surface area contributed by atoms with E-state index in [0.717, 1.165) is 24.4 Å². The molecule has 0 bridgehead atoms. The second-order valence-electron chi connectivity index (χ2n) is 5.61. The minimum atomic E-state index is 0.0619. The van der Waals surface area contributed by atoms with Crippen molar-refractivity contribution in [1.29, 1.82) is 0 Å². The van der Waals surface area contributed by atoms with Crippen LogP contribution in [0.3, 0.4) is 0 Å². The largest absolute Gasteiger partial charge is 0.312 e. The Kier molecular flexibility index (Phi) is 6.36. The monoisotopic (exact) mass is 307 g/mol. The molecular formula is C16H25N3OS. The highest BCUT2D eigenvalue weighted by Gasteiger charge is 2.04. The van der Waals surface area contributed by atoms with Gasteiger partial charge in [-0.1, -0.05) is 32.1 Å².